The highest BCUT2D eigenvalue weighted by molar-refractivity contribution is 8.14. The van der Waals surface area contributed by atoms with Crippen molar-refractivity contribution in [2.24, 2.45) is 4.99 Å². The fourth-order valence-corrected chi connectivity index (χ4v) is 4.62. The van der Waals surface area contributed by atoms with Crippen LogP contribution in [0.25, 0.3) is 0 Å². The number of carbonyl (C=O) groups is 3. The average Bonchev–Trinajstić information content (AvgIpc) is 3.25. The molecule has 0 spiro atoms. The summed E-state index contributed by atoms with van der Waals surface area (Å²) in [6.07, 6.45) is -2.70. The molecule has 2 heterocycles. The van der Waals surface area contributed by atoms with Gasteiger partial charge in [0.2, 0.25) is 0 Å². The van der Waals surface area contributed by atoms with Crippen molar-refractivity contribution in [3.8, 4) is 0 Å². The molecule has 5 atom stereocenters. The zero-order valence-corrected chi connectivity index (χ0v) is 18.3. The Labute approximate surface area is 189 Å². The number of esters is 2. The van der Waals surface area contributed by atoms with Crippen LogP contribution >= 0.6 is 11.8 Å². The molecule has 166 valence electrons. The number of amidine groups is 1. The molecule has 1 saturated heterocycles. The van der Waals surface area contributed by atoms with Gasteiger partial charge in [0.25, 0.3) is 0 Å². The Morgan fingerprint density at radius 2 is 1.47 bits per heavy atom. The lowest BCUT2D eigenvalue weighted by Gasteiger charge is -2.39. The molecule has 32 heavy (non-hydrogen) atoms. The first-order valence-corrected chi connectivity index (χ1v) is 10.9. The third kappa shape index (κ3) is 4.53. The Morgan fingerprint density at radius 1 is 0.938 bits per heavy atom. The van der Waals surface area contributed by atoms with Gasteiger partial charge in [-0.15, -0.1) is 0 Å². The first kappa shape index (κ1) is 22.0. The lowest BCUT2D eigenvalue weighted by molar-refractivity contribution is -0.162. The molecule has 4 rings (SSSR count). The molecule has 0 radical (unpaired) electrons. The second-order valence-corrected chi connectivity index (χ2v) is 8.56. The summed E-state index contributed by atoms with van der Waals surface area (Å²) in [5.41, 5.74) is 0.0994. The van der Waals surface area contributed by atoms with E-state index in [0.717, 1.165) is 0 Å². The van der Waals surface area contributed by atoms with Crippen LogP contribution in [-0.4, -0.2) is 72.2 Å². The molecule has 2 aromatic rings. The summed E-state index contributed by atoms with van der Waals surface area (Å²) in [7, 11) is 3.66. The van der Waals surface area contributed by atoms with Crippen molar-refractivity contribution in [3.63, 3.8) is 0 Å². The molecule has 8 nitrogen and oxygen atoms in total. The molecule has 0 unspecified atom stereocenters. The molecular weight excluding hydrogens is 432 g/mol. The van der Waals surface area contributed by atoms with Crippen LogP contribution in [0.1, 0.15) is 20.7 Å². The van der Waals surface area contributed by atoms with Gasteiger partial charge in [-0.25, -0.2) is 9.59 Å². The molecule has 0 amide bonds. The maximum atomic E-state index is 12.9. The monoisotopic (exact) mass is 454 g/mol. The van der Waals surface area contributed by atoms with Crippen LogP contribution in [0.5, 0.6) is 0 Å². The van der Waals surface area contributed by atoms with E-state index in [0.29, 0.717) is 22.6 Å². The van der Waals surface area contributed by atoms with Crippen molar-refractivity contribution in [1.29, 1.82) is 0 Å². The topological polar surface area (TPSA) is 94.5 Å². The van der Waals surface area contributed by atoms with Gasteiger partial charge < -0.3 is 23.9 Å². The molecule has 0 aliphatic carbocycles. The zero-order valence-electron chi connectivity index (χ0n) is 17.5. The van der Waals surface area contributed by atoms with Gasteiger partial charge in [-0.1, -0.05) is 48.2 Å². The lowest BCUT2D eigenvalue weighted by atomic mass is 9.98. The lowest BCUT2D eigenvalue weighted by Crippen LogP contribution is -2.58. The van der Waals surface area contributed by atoms with Crippen LogP contribution in [0.2, 0.25) is 0 Å². The molecule has 2 aromatic carbocycles. The summed E-state index contributed by atoms with van der Waals surface area (Å²) in [5.74, 6) is -1.24. The summed E-state index contributed by atoms with van der Waals surface area (Å²) in [6.45, 7) is 0. The van der Waals surface area contributed by atoms with E-state index >= 15 is 0 Å². The average molecular weight is 455 g/mol. The number of carbonyl (C=O) groups excluding carboxylic acids is 3. The minimum atomic E-state index is -1.15. The maximum Gasteiger partial charge on any atom is 0.338 e. The van der Waals surface area contributed by atoms with E-state index < -0.39 is 41.7 Å². The normalized spacial score (nSPS) is 26.4. The van der Waals surface area contributed by atoms with E-state index in [1.54, 1.807) is 60.7 Å². The van der Waals surface area contributed by atoms with Gasteiger partial charge in [0.1, 0.15) is 11.5 Å². The highest BCUT2D eigenvalue weighted by atomic mass is 32.2. The Kier molecular flexibility index (Phi) is 6.57. The minimum Gasteiger partial charge on any atom is -0.452 e. The van der Waals surface area contributed by atoms with Crippen molar-refractivity contribution in [3.05, 3.63) is 71.8 Å². The van der Waals surface area contributed by atoms with Crippen LogP contribution in [-0.2, 0) is 19.0 Å². The molecule has 9 heteroatoms. The Hall–Kier alpha value is -3.17. The quantitative estimate of drug-likeness (QED) is 0.502. The van der Waals surface area contributed by atoms with E-state index in [9.17, 15) is 14.4 Å². The second-order valence-electron chi connectivity index (χ2n) is 7.49. The van der Waals surface area contributed by atoms with Gasteiger partial charge in [0, 0.05) is 14.1 Å². The number of nitrogens with zero attached hydrogens (tertiary/aromatic N) is 2. The van der Waals surface area contributed by atoms with Gasteiger partial charge in [-0.2, -0.15) is 0 Å². The van der Waals surface area contributed by atoms with Crippen molar-refractivity contribution in [2.45, 2.75) is 29.8 Å². The number of ether oxygens (including phenoxy) is 3. The van der Waals surface area contributed by atoms with Gasteiger partial charge in [0.05, 0.1) is 11.1 Å². The largest absolute Gasteiger partial charge is 0.452 e. The molecule has 2 aliphatic heterocycles. The third-order valence-corrected chi connectivity index (χ3v) is 6.36. The first-order valence-electron chi connectivity index (χ1n) is 10.0. The summed E-state index contributed by atoms with van der Waals surface area (Å²) in [6, 6.07) is 16.2. The van der Waals surface area contributed by atoms with Crippen LogP contribution < -0.4 is 0 Å². The van der Waals surface area contributed by atoms with Crippen LogP contribution in [0.4, 0.5) is 0 Å². The van der Waals surface area contributed by atoms with E-state index in [1.165, 1.54) is 11.8 Å². The molecule has 1 fully saturated rings. The number of hydrogen-bond acceptors (Lipinski definition) is 9. The smallest absolute Gasteiger partial charge is 0.338 e. The van der Waals surface area contributed by atoms with Crippen LogP contribution in [0.15, 0.2) is 65.7 Å². The maximum absolute atomic E-state index is 12.9. The highest BCUT2D eigenvalue weighted by Crippen LogP contribution is 2.39. The van der Waals surface area contributed by atoms with Crippen molar-refractivity contribution >= 4 is 35.2 Å². The molecule has 0 saturated carbocycles. The van der Waals surface area contributed by atoms with E-state index in [-0.39, 0.29) is 0 Å². The molecule has 0 aromatic heterocycles. The summed E-state index contributed by atoms with van der Waals surface area (Å²) < 4.78 is 17.4. The van der Waals surface area contributed by atoms with Crippen molar-refractivity contribution in [2.75, 3.05) is 14.1 Å². The molecular formula is C23H22N2O6S. The van der Waals surface area contributed by atoms with E-state index in [2.05, 4.69) is 4.99 Å². The van der Waals surface area contributed by atoms with E-state index in [4.69, 9.17) is 14.2 Å². The van der Waals surface area contributed by atoms with Crippen molar-refractivity contribution < 1.29 is 28.6 Å². The first-order chi connectivity index (χ1) is 15.5. The van der Waals surface area contributed by atoms with Gasteiger partial charge in [-0.3, -0.25) is 4.99 Å². The fourth-order valence-electron chi connectivity index (χ4n) is 3.48. The second kappa shape index (κ2) is 9.54. The number of rotatable bonds is 5. The van der Waals surface area contributed by atoms with E-state index in [1.807, 2.05) is 19.0 Å². The van der Waals surface area contributed by atoms with Gasteiger partial charge in [0.15, 0.2) is 29.8 Å². The fraction of sp³-hybridized carbons (Fsp3) is 0.304. The third-order valence-electron chi connectivity index (χ3n) is 5.06. The van der Waals surface area contributed by atoms with Crippen LogP contribution in [0.3, 0.4) is 0 Å². The minimum absolute atomic E-state index is 0.311. The summed E-state index contributed by atoms with van der Waals surface area (Å²) >= 11 is 1.33. The number of aldehydes is 1. The Bertz CT molecular complexity index is 1010. The number of aliphatic imine (C=N–C) groups is 1. The molecule has 2 aliphatic rings. The number of fused-ring (bicyclic) bond motifs is 1. The standard InChI is InChI=1S/C23H22N2O6S/c1-25(2)23-24-17-19(31-21(28)15-11-7-4-8-12-15)18(16(13-26)29-22(17)32-23)30-20(27)14-9-5-3-6-10-14/h3-13,16-19,22H,1-2H3/t16-,17-,18-,19-,22-/m1/s1. The zero-order chi connectivity index (χ0) is 22.7. The van der Waals surface area contributed by atoms with Gasteiger partial charge >= 0.3 is 11.9 Å². The van der Waals surface area contributed by atoms with Crippen molar-refractivity contribution in [1.82, 2.24) is 4.90 Å². The predicted molar refractivity (Wildman–Crippen MR) is 119 cm³/mol. The number of thioether (sulfide) groups is 1. The highest BCUT2D eigenvalue weighted by Gasteiger charge is 2.53. The molecule has 0 N–H and O–H groups in total. The Morgan fingerprint density at radius 3 is 1.97 bits per heavy atom. The Balaban J connectivity index is 1.66. The van der Waals surface area contributed by atoms with Gasteiger partial charge in [-0.05, 0) is 24.3 Å². The number of hydrogen-bond donors (Lipinski definition) is 0. The SMILES string of the molecule is CN(C)C1=N[C@@H]2[C@@H](OC(=O)c3ccccc3)[C@H](OC(=O)c3ccccc3)[C@@H](C=O)O[C@@H]2S1. The summed E-state index contributed by atoms with van der Waals surface area (Å²) in [4.78, 5) is 43.9. The predicted octanol–water partition coefficient (Wildman–Crippen LogP) is 2.39. The number of benzene rings is 2. The molecule has 0 bridgehead atoms. The van der Waals surface area contributed by atoms with Crippen LogP contribution in [0, 0.1) is 0 Å². The summed E-state index contributed by atoms with van der Waals surface area (Å²) in [5, 5.41) is 0.667.